The average Bonchev–Trinajstić information content (AvgIpc) is 2.91. The van der Waals surface area contributed by atoms with Crippen LogP contribution in [0.3, 0.4) is 0 Å². The van der Waals surface area contributed by atoms with Crippen molar-refractivity contribution in [2.24, 2.45) is 10.8 Å². The van der Waals surface area contributed by atoms with Gasteiger partial charge in [-0.2, -0.15) is 0 Å². The van der Waals surface area contributed by atoms with Gasteiger partial charge in [-0.1, -0.05) is 159 Å². The van der Waals surface area contributed by atoms with Crippen molar-refractivity contribution in [2.45, 2.75) is 94.9 Å². The zero-order valence-electron chi connectivity index (χ0n) is 28.3. The third-order valence-electron chi connectivity index (χ3n) is 8.72. The van der Waals surface area contributed by atoms with Gasteiger partial charge in [-0.25, -0.2) is 0 Å². The lowest BCUT2D eigenvalue weighted by molar-refractivity contribution is 0.401. The zero-order valence-corrected chi connectivity index (χ0v) is 28.3. The minimum atomic E-state index is 0.207. The van der Waals surface area contributed by atoms with Crippen molar-refractivity contribution in [1.82, 2.24) is 0 Å². The van der Waals surface area contributed by atoms with Crippen LogP contribution >= 0.6 is 0 Å². The Balaban J connectivity index is 1.93. The highest BCUT2D eigenvalue weighted by atomic mass is 14.3. The highest BCUT2D eigenvalue weighted by Crippen LogP contribution is 2.43. The van der Waals surface area contributed by atoms with Crippen LogP contribution in [0.2, 0.25) is 0 Å². The van der Waals surface area contributed by atoms with Gasteiger partial charge in [-0.05, 0) is 100 Å². The third-order valence-corrected chi connectivity index (χ3v) is 8.72. The summed E-state index contributed by atoms with van der Waals surface area (Å²) in [7, 11) is 0. The van der Waals surface area contributed by atoms with E-state index in [4.69, 9.17) is 0 Å². The van der Waals surface area contributed by atoms with Crippen LogP contribution in [0.15, 0.2) is 154 Å². The third kappa shape index (κ3) is 10.8. The topological polar surface area (TPSA) is 0 Å². The van der Waals surface area contributed by atoms with Crippen molar-refractivity contribution in [2.75, 3.05) is 0 Å². The van der Waals surface area contributed by atoms with E-state index >= 15 is 0 Å². The second kappa shape index (κ2) is 15.7. The molecule has 0 nitrogen and oxygen atoms in total. The second-order valence-corrected chi connectivity index (χ2v) is 13.5. The molecule has 0 bridgehead atoms. The molecule has 0 unspecified atom stereocenters. The van der Waals surface area contributed by atoms with Crippen LogP contribution in [0.5, 0.6) is 0 Å². The summed E-state index contributed by atoms with van der Waals surface area (Å²) in [5.41, 5.74) is 13.4. The molecule has 0 aromatic carbocycles. The summed E-state index contributed by atoms with van der Waals surface area (Å²) < 4.78 is 0. The number of hydrogen-bond acceptors (Lipinski definition) is 0. The van der Waals surface area contributed by atoms with Gasteiger partial charge in [-0.15, -0.1) is 0 Å². The fourth-order valence-electron chi connectivity index (χ4n) is 5.44. The van der Waals surface area contributed by atoms with Crippen LogP contribution in [0.1, 0.15) is 94.9 Å². The summed E-state index contributed by atoms with van der Waals surface area (Å²) >= 11 is 0. The summed E-state index contributed by atoms with van der Waals surface area (Å²) in [4.78, 5) is 0. The van der Waals surface area contributed by atoms with Gasteiger partial charge in [0, 0.05) is 0 Å². The van der Waals surface area contributed by atoms with E-state index in [-0.39, 0.29) is 10.8 Å². The van der Waals surface area contributed by atoms with Gasteiger partial charge in [0.1, 0.15) is 0 Å². The molecule has 224 valence electrons. The quantitative estimate of drug-likeness (QED) is 0.233. The normalized spacial score (nSPS) is 21.6. The monoisotopic (exact) mass is 560 g/mol. The SMILES string of the molecule is C=C1CCC(C)(C)C(C=CC(C)=CC=CC(C)=CC=CC=C(C)C=CC=C(C)C=CC2=C(C)C(=C)CCC2(C)C)=C1C. The standard InChI is InChI=1S/C42H56/c1-31(19-15-21-33(3)23-25-39-37(7)35(5)27-29-41(39,9)10)17-13-14-18-32(2)20-16-22-34(4)24-26-40-38(8)36(6)28-30-42(40,11)12/h13-26H,5-6,27-30H2,1-4,7-12H3. The molecule has 0 heteroatoms. The summed E-state index contributed by atoms with van der Waals surface area (Å²) in [5.74, 6) is 0. The lowest BCUT2D eigenvalue weighted by atomic mass is 9.71. The van der Waals surface area contributed by atoms with Gasteiger partial charge in [-0.3, -0.25) is 0 Å². The molecule has 42 heavy (non-hydrogen) atoms. The molecule has 0 amide bonds. The minimum absolute atomic E-state index is 0.207. The van der Waals surface area contributed by atoms with Crippen molar-refractivity contribution in [3.05, 3.63) is 154 Å². The van der Waals surface area contributed by atoms with Crippen molar-refractivity contribution in [3.63, 3.8) is 0 Å². The maximum absolute atomic E-state index is 4.25. The molecule has 0 aromatic heterocycles. The van der Waals surface area contributed by atoms with E-state index < -0.39 is 0 Å². The smallest absolute Gasteiger partial charge is 0.00977 e. The first-order valence-corrected chi connectivity index (χ1v) is 15.5. The Kier molecular flexibility index (Phi) is 13.0. The average molecular weight is 561 g/mol. The first-order valence-electron chi connectivity index (χ1n) is 15.5. The lowest BCUT2D eigenvalue weighted by Crippen LogP contribution is -2.20. The van der Waals surface area contributed by atoms with Gasteiger partial charge >= 0.3 is 0 Å². The predicted octanol–water partition coefficient (Wildman–Crippen LogP) is 12.9. The summed E-state index contributed by atoms with van der Waals surface area (Å²) in [6.45, 7) is 30.8. The fourth-order valence-corrected chi connectivity index (χ4v) is 5.44. The van der Waals surface area contributed by atoms with Crippen LogP contribution in [0.25, 0.3) is 0 Å². The molecule has 0 N–H and O–H groups in total. The van der Waals surface area contributed by atoms with Crippen molar-refractivity contribution < 1.29 is 0 Å². The van der Waals surface area contributed by atoms with Gasteiger partial charge in [0.2, 0.25) is 0 Å². The van der Waals surface area contributed by atoms with E-state index in [0.29, 0.717) is 0 Å². The van der Waals surface area contributed by atoms with Crippen molar-refractivity contribution in [1.29, 1.82) is 0 Å². The number of allylic oxidation sites excluding steroid dienone is 24. The summed E-state index contributed by atoms with van der Waals surface area (Å²) in [6, 6.07) is 0. The Morgan fingerprint density at radius 2 is 0.833 bits per heavy atom. The van der Waals surface area contributed by atoms with Gasteiger partial charge in [0.25, 0.3) is 0 Å². The molecule has 0 aromatic rings. The van der Waals surface area contributed by atoms with E-state index in [9.17, 15) is 0 Å². The van der Waals surface area contributed by atoms with E-state index in [1.807, 2.05) is 0 Å². The Morgan fingerprint density at radius 1 is 0.524 bits per heavy atom. The molecule has 0 atom stereocenters. The fraction of sp³-hybridized carbons (Fsp3) is 0.381. The minimum Gasteiger partial charge on any atom is -0.0956 e. The molecule has 0 fully saturated rings. The first-order chi connectivity index (χ1) is 19.6. The molecule has 0 spiro atoms. The van der Waals surface area contributed by atoms with Gasteiger partial charge in [0.15, 0.2) is 0 Å². The molecule has 0 saturated heterocycles. The molecule has 0 saturated carbocycles. The van der Waals surface area contributed by atoms with Crippen LogP contribution in [0.4, 0.5) is 0 Å². The number of hydrogen-bond donors (Lipinski definition) is 0. The lowest BCUT2D eigenvalue weighted by Gasteiger charge is -2.34. The highest BCUT2D eigenvalue weighted by molar-refractivity contribution is 5.46. The maximum atomic E-state index is 4.25. The van der Waals surface area contributed by atoms with Crippen LogP contribution in [-0.2, 0) is 0 Å². The molecule has 2 aliphatic carbocycles. The Morgan fingerprint density at radius 3 is 1.19 bits per heavy atom. The largest absolute Gasteiger partial charge is 0.0956 e. The zero-order chi connectivity index (χ0) is 31.5. The Bertz CT molecular complexity index is 1260. The van der Waals surface area contributed by atoms with Crippen LogP contribution in [-0.4, -0.2) is 0 Å². The first kappa shape index (κ1) is 34.8. The maximum Gasteiger partial charge on any atom is -0.00977 e. The Hall–Kier alpha value is -3.38. The molecule has 0 heterocycles. The molecular formula is C42H56. The van der Waals surface area contributed by atoms with Crippen LogP contribution in [0, 0.1) is 10.8 Å². The number of rotatable bonds is 10. The highest BCUT2D eigenvalue weighted by Gasteiger charge is 2.29. The Labute approximate surface area is 259 Å². The summed E-state index contributed by atoms with van der Waals surface area (Å²) in [6.07, 6.45) is 34.9. The molecule has 2 aliphatic rings. The summed E-state index contributed by atoms with van der Waals surface area (Å²) in [5, 5.41) is 0. The van der Waals surface area contributed by atoms with Gasteiger partial charge < -0.3 is 0 Å². The van der Waals surface area contributed by atoms with E-state index in [2.05, 4.69) is 167 Å². The van der Waals surface area contributed by atoms with Gasteiger partial charge in [0.05, 0.1) is 0 Å². The van der Waals surface area contributed by atoms with E-state index in [0.717, 1.165) is 25.7 Å². The van der Waals surface area contributed by atoms with Crippen molar-refractivity contribution in [3.8, 4) is 0 Å². The predicted molar refractivity (Wildman–Crippen MR) is 190 cm³/mol. The molecule has 2 rings (SSSR count). The molecule has 0 radical (unpaired) electrons. The van der Waals surface area contributed by atoms with E-state index in [1.54, 1.807) is 0 Å². The van der Waals surface area contributed by atoms with Crippen molar-refractivity contribution >= 4 is 0 Å². The second-order valence-electron chi connectivity index (χ2n) is 13.5. The van der Waals surface area contributed by atoms with Crippen LogP contribution < -0.4 is 0 Å². The molecular weight excluding hydrogens is 504 g/mol. The molecule has 0 aliphatic heterocycles. The van der Waals surface area contributed by atoms with E-state index in [1.165, 1.54) is 55.7 Å².